The molecule has 144 valence electrons. The quantitative estimate of drug-likeness (QED) is 0.627. The van der Waals surface area contributed by atoms with E-state index in [9.17, 15) is 13.6 Å². The van der Waals surface area contributed by atoms with Gasteiger partial charge in [0.1, 0.15) is 28.5 Å². The van der Waals surface area contributed by atoms with Gasteiger partial charge in [-0.05, 0) is 57.7 Å². The van der Waals surface area contributed by atoms with Gasteiger partial charge in [0.05, 0.1) is 6.54 Å². The number of aromatic nitrogens is 1. The molecule has 0 saturated heterocycles. The molecule has 0 spiro atoms. The van der Waals surface area contributed by atoms with Crippen molar-refractivity contribution >= 4 is 21.6 Å². The highest BCUT2D eigenvalue weighted by Crippen LogP contribution is 2.25. The SMILES string of the molecule is O=c1c(Br)c(OCc2ccc(F)cc2F)ccn1Cc1ccc2c(c1)CCN2. The molecule has 0 fully saturated rings. The van der Waals surface area contributed by atoms with E-state index in [2.05, 4.69) is 27.3 Å². The van der Waals surface area contributed by atoms with Crippen molar-refractivity contribution in [1.29, 1.82) is 0 Å². The van der Waals surface area contributed by atoms with Gasteiger partial charge in [0, 0.05) is 30.1 Å². The molecule has 1 aliphatic heterocycles. The lowest BCUT2D eigenvalue weighted by molar-refractivity contribution is 0.296. The summed E-state index contributed by atoms with van der Waals surface area (Å²) < 4.78 is 34.1. The van der Waals surface area contributed by atoms with E-state index in [1.807, 2.05) is 12.1 Å². The lowest BCUT2D eigenvalue weighted by Gasteiger charge is -2.12. The molecule has 4 rings (SSSR count). The van der Waals surface area contributed by atoms with E-state index in [4.69, 9.17) is 4.74 Å². The number of ether oxygens (including phenoxy) is 1. The topological polar surface area (TPSA) is 43.3 Å². The van der Waals surface area contributed by atoms with Gasteiger partial charge in [0.15, 0.2) is 0 Å². The number of anilines is 1. The van der Waals surface area contributed by atoms with Gasteiger partial charge in [-0.25, -0.2) is 8.78 Å². The van der Waals surface area contributed by atoms with E-state index >= 15 is 0 Å². The van der Waals surface area contributed by atoms with Crippen LogP contribution in [-0.4, -0.2) is 11.1 Å². The van der Waals surface area contributed by atoms with E-state index in [0.29, 0.717) is 12.3 Å². The van der Waals surface area contributed by atoms with Crippen molar-refractivity contribution in [2.75, 3.05) is 11.9 Å². The van der Waals surface area contributed by atoms with Gasteiger partial charge in [-0.15, -0.1) is 0 Å². The number of nitrogens with zero attached hydrogens (tertiary/aromatic N) is 1. The van der Waals surface area contributed by atoms with E-state index < -0.39 is 11.6 Å². The second kappa shape index (κ2) is 7.75. The molecule has 0 amide bonds. The summed E-state index contributed by atoms with van der Waals surface area (Å²) in [7, 11) is 0. The summed E-state index contributed by atoms with van der Waals surface area (Å²) >= 11 is 3.28. The molecule has 0 unspecified atom stereocenters. The summed E-state index contributed by atoms with van der Waals surface area (Å²) in [4.78, 5) is 12.7. The molecule has 0 atom stereocenters. The third-order valence-electron chi connectivity index (χ3n) is 4.70. The molecule has 4 nitrogen and oxygen atoms in total. The Hall–Kier alpha value is -2.67. The Balaban J connectivity index is 1.51. The maximum Gasteiger partial charge on any atom is 0.268 e. The lowest BCUT2D eigenvalue weighted by atomic mass is 10.1. The van der Waals surface area contributed by atoms with E-state index in [1.165, 1.54) is 17.7 Å². The number of benzene rings is 2. The lowest BCUT2D eigenvalue weighted by Crippen LogP contribution is -2.21. The standard InChI is InChI=1S/C21H17BrF2N2O2/c22-20-19(28-12-15-2-3-16(23)10-17(15)24)6-8-26(21(20)27)11-13-1-4-18-14(9-13)5-7-25-18/h1-4,6,8-10,25H,5,7,11-12H2. The molecule has 7 heteroatoms. The van der Waals surface area contributed by atoms with Gasteiger partial charge in [-0.1, -0.05) is 12.1 Å². The van der Waals surface area contributed by atoms with Gasteiger partial charge in [0.2, 0.25) is 0 Å². The van der Waals surface area contributed by atoms with E-state index in [0.717, 1.165) is 30.3 Å². The molecule has 1 N–H and O–H groups in total. The summed E-state index contributed by atoms with van der Waals surface area (Å²) in [6.07, 6.45) is 2.63. The summed E-state index contributed by atoms with van der Waals surface area (Å²) in [5.41, 5.74) is 3.42. The minimum absolute atomic E-state index is 0.105. The molecule has 1 aliphatic rings. The second-order valence-electron chi connectivity index (χ2n) is 6.62. The smallest absolute Gasteiger partial charge is 0.268 e. The third-order valence-corrected chi connectivity index (χ3v) is 5.43. The summed E-state index contributed by atoms with van der Waals surface area (Å²) in [5.74, 6) is -1.02. The normalized spacial score (nSPS) is 12.5. The molecular weight excluding hydrogens is 430 g/mol. The monoisotopic (exact) mass is 446 g/mol. The van der Waals surface area contributed by atoms with Crippen LogP contribution in [0.25, 0.3) is 0 Å². The van der Waals surface area contributed by atoms with Gasteiger partial charge in [-0.3, -0.25) is 4.79 Å². The van der Waals surface area contributed by atoms with Crippen molar-refractivity contribution in [2.45, 2.75) is 19.6 Å². The zero-order valence-electron chi connectivity index (χ0n) is 14.8. The first kappa shape index (κ1) is 18.7. The third kappa shape index (κ3) is 3.80. The van der Waals surface area contributed by atoms with Gasteiger partial charge >= 0.3 is 0 Å². The average Bonchev–Trinajstić information content (AvgIpc) is 3.14. The first-order chi connectivity index (χ1) is 13.5. The van der Waals surface area contributed by atoms with Gasteiger partial charge in [0.25, 0.3) is 5.56 Å². The molecule has 0 bridgehead atoms. The van der Waals surface area contributed by atoms with Crippen molar-refractivity contribution in [1.82, 2.24) is 4.57 Å². The minimum atomic E-state index is -0.685. The van der Waals surface area contributed by atoms with E-state index in [1.54, 1.807) is 16.8 Å². The second-order valence-corrected chi connectivity index (χ2v) is 7.41. The maximum absolute atomic E-state index is 13.7. The van der Waals surface area contributed by atoms with Crippen molar-refractivity contribution in [3.8, 4) is 5.75 Å². The zero-order chi connectivity index (χ0) is 19.7. The van der Waals surface area contributed by atoms with Gasteiger partial charge < -0.3 is 14.6 Å². The van der Waals surface area contributed by atoms with Crippen molar-refractivity contribution in [3.05, 3.63) is 91.8 Å². The maximum atomic E-state index is 13.7. The van der Waals surface area contributed by atoms with E-state index in [-0.39, 0.29) is 22.2 Å². The summed E-state index contributed by atoms with van der Waals surface area (Å²) in [6, 6.07) is 11.1. The Kier molecular flexibility index (Phi) is 5.17. The van der Waals surface area contributed by atoms with Crippen molar-refractivity contribution in [2.24, 2.45) is 0 Å². The first-order valence-electron chi connectivity index (χ1n) is 8.82. The number of hydrogen-bond donors (Lipinski definition) is 1. The minimum Gasteiger partial charge on any atom is -0.487 e. The molecular formula is C21H17BrF2N2O2. The van der Waals surface area contributed by atoms with Crippen molar-refractivity contribution < 1.29 is 13.5 Å². The Morgan fingerprint density at radius 2 is 2.00 bits per heavy atom. The number of hydrogen-bond acceptors (Lipinski definition) is 3. The molecule has 3 aromatic rings. The van der Waals surface area contributed by atoms with Crippen LogP contribution in [-0.2, 0) is 19.6 Å². The highest BCUT2D eigenvalue weighted by atomic mass is 79.9. The largest absolute Gasteiger partial charge is 0.487 e. The van der Waals surface area contributed by atoms with Crippen LogP contribution in [0.1, 0.15) is 16.7 Å². The average molecular weight is 447 g/mol. The Bertz CT molecular complexity index is 1100. The first-order valence-corrected chi connectivity index (χ1v) is 9.62. The fourth-order valence-corrected chi connectivity index (χ4v) is 3.69. The van der Waals surface area contributed by atoms with Crippen LogP contribution in [0.4, 0.5) is 14.5 Å². The summed E-state index contributed by atoms with van der Waals surface area (Å²) in [6.45, 7) is 1.27. The van der Waals surface area contributed by atoms with Crippen LogP contribution < -0.4 is 15.6 Å². The number of fused-ring (bicyclic) bond motifs is 1. The van der Waals surface area contributed by atoms with Crippen molar-refractivity contribution in [3.63, 3.8) is 0 Å². The molecule has 0 aliphatic carbocycles. The molecule has 1 aromatic heterocycles. The number of pyridine rings is 1. The Morgan fingerprint density at radius 3 is 2.82 bits per heavy atom. The van der Waals surface area contributed by atoms with Crippen LogP contribution in [0, 0.1) is 11.6 Å². The highest BCUT2D eigenvalue weighted by Gasteiger charge is 2.13. The number of halogens is 3. The Morgan fingerprint density at radius 1 is 1.14 bits per heavy atom. The predicted octanol–water partition coefficient (Wildman–Crippen LogP) is 4.48. The fraction of sp³-hybridized carbons (Fsp3) is 0.190. The van der Waals surface area contributed by atoms with Crippen LogP contribution in [0.15, 0.2) is 57.9 Å². The Labute approximate surface area is 168 Å². The number of nitrogens with one attached hydrogen (secondary N) is 1. The highest BCUT2D eigenvalue weighted by molar-refractivity contribution is 9.10. The molecule has 0 radical (unpaired) electrons. The van der Waals surface area contributed by atoms with Crippen LogP contribution >= 0.6 is 15.9 Å². The van der Waals surface area contributed by atoms with Gasteiger partial charge in [-0.2, -0.15) is 0 Å². The fourth-order valence-electron chi connectivity index (χ4n) is 3.21. The van der Waals surface area contributed by atoms with Crippen LogP contribution in [0.2, 0.25) is 0 Å². The molecule has 28 heavy (non-hydrogen) atoms. The van der Waals surface area contributed by atoms with Crippen LogP contribution in [0.5, 0.6) is 5.75 Å². The zero-order valence-corrected chi connectivity index (χ0v) is 16.4. The molecule has 2 aromatic carbocycles. The summed E-state index contributed by atoms with van der Waals surface area (Å²) in [5, 5.41) is 3.31. The molecule has 0 saturated carbocycles. The molecule has 2 heterocycles. The number of rotatable bonds is 5. The predicted molar refractivity (Wildman–Crippen MR) is 107 cm³/mol. The van der Waals surface area contributed by atoms with Crippen LogP contribution in [0.3, 0.4) is 0 Å².